The van der Waals surface area contributed by atoms with Gasteiger partial charge in [-0.25, -0.2) is 0 Å². The molecule has 1 aromatic rings. The van der Waals surface area contributed by atoms with Crippen molar-refractivity contribution in [2.75, 3.05) is 0 Å². The Morgan fingerprint density at radius 1 is 1.23 bits per heavy atom. The molecule has 0 fully saturated rings. The highest BCUT2D eigenvalue weighted by atomic mass is 15.4. The quantitative estimate of drug-likeness (QED) is 0.668. The first-order valence-corrected chi connectivity index (χ1v) is 4.45. The van der Waals surface area contributed by atoms with Gasteiger partial charge >= 0.3 is 0 Å². The third kappa shape index (κ3) is 2.18. The molecule has 0 radical (unpaired) electrons. The number of rotatable bonds is 2. The summed E-state index contributed by atoms with van der Waals surface area (Å²) in [6, 6.07) is 10.3. The van der Waals surface area contributed by atoms with Gasteiger partial charge in [0.05, 0.1) is 6.54 Å². The van der Waals surface area contributed by atoms with E-state index >= 15 is 0 Å². The second-order valence-electron chi connectivity index (χ2n) is 3.00. The van der Waals surface area contributed by atoms with Crippen LogP contribution in [-0.4, -0.2) is 11.2 Å². The lowest BCUT2D eigenvalue weighted by molar-refractivity contribution is 0.388. The normalized spacial score (nSPS) is 14.9. The molecule has 0 spiro atoms. The molecule has 0 saturated heterocycles. The average molecular weight is 172 g/mol. The number of hydrazone groups is 1. The number of hydrogen-bond acceptors (Lipinski definition) is 2. The Morgan fingerprint density at radius 2 is 2.08 bits per heavy atom. The maximum absolute atomic E-state index is 4.25. The minimum absolute atomic E-state index is 0.855. The SMILES string of the molecule is C1=CN(Cc2ccccc2)N=CC1. The fraction of sp³-hybridized carbons (Fsp3) is 0.182. The Labute approximate surface area is 78.2 Å². The number of benzene rings is 1. The van der Waals surface area contributed by atoms with Crippen molar-refractivity contribution in [2.45, 2.75) is 13.0 Å². The maximum atomic E-state index is 4.25. The van der Waals surface area contributed by atoms with Gasteiger partial charge in [-0.3, -0.25) is 5.01 Å². The molecule has 1 aliphatic heterocycles. The molecule has 0 amide bonds. The van der Waals surface area contributed by atoms with E-state index in [1.54, 1.807) is 0 Å². The first-order valence-electron chi connectivity index (χ1n) is 4.45. The van der Waals surface area contributed by atoms with Crippen molar-refractivity contribution < 1.29 is 0 Å². The van der Waals surface area contributed by atoms with Gasteiger partial charge < -0.3 is 0 Å². The van der Waals surface area contributed by atoms with Crippen LogP contribution in [0.2, 0.25) is 0 Å². The molecule has 0 aromatic heterocycles. The van der Waals surface area contributed by atoms with E-state index in [4.69, 9.17) is 0 Å². The predicted octanol–water partition coefficient (Wildman–Crippen LogP) is 2.39. The van der Waals surface area contributed by atoms with Crippen molar-refractivity contribution in [2.24, 2.45) is 5.10 Å². The van der Waals surface area contributed by atoms with Gasteiger partial charge in [0.15, 0.2) is 0 Å². The van der Waals surface area contributed by atoms with E-state index in [-0.39, 0.29) is 0 Å². The van der Waals surface area contributed by atoms with Crippen molar-refractivity contribution in [1.82, 2.24) is 5.01 Å². The highest BCUT2D eigenvalue weighted by Gasteiger charge is 1.99. The largest absolute Gasteiger partial charge is 0.269 e. The highest BCUT2D eigenvalue weighted by Crippen LogP contribution is 2.07. The van der Waals surface area contributed by atoms with E-state index in [1.165, 1.54) is 5.56 Å². The van der Waals surface area contributed by atoms with E-state index in [0.717, 1.165) is 13.0 Å². The zero-order chi connectivity index (χ0) is 8.93. The van der Waals surface area contributed by atoms with Crippen molar-refractivity contribution >= 4 is 6.21 Å². The van der Waals surface area contributed by atoms with Gasteiger partial charge in [0.25, 0.3) is 0 Å². The molecule has 0 unspecified atom stereocenters. The van der Waals surface area contributed by atoms with Crippen molar-refractivity contribution in [3.63, 3.8) is 0 Å². The predicted molar refractivity (Wildman–Crippen MR) is 54.2 cm³/mol. The van der Waals surface area contributed by atoms with Crippen LogP contribution in [0.1, 0.15) is 12.0 Å². The second kappa shape index (κ2) is 3.90. The van der Waals surface area contributed by atoms with E-state index in [9.17, 15) is 0 Å². The average Bonchev–Trinajstić information content (AvgIpc) is 2.21. The summed E-state index contributed by atoms with van der Waals surface area (Å²) in [5, 5.41) is 6.19. The van der Waals surface area contributed by atoms with Crippen LogP contribution in [-0.2, 0) is 6.54 Å². The van der Waals surface area contributed by atoms with Crippen LogP contribution < -0.4 is 0 Å². The topological polar surface area (TPSA) is 15.6 Å². The minimum atomic E-state index is 0.855. The van der Waals surface area contributed by atoms with Gasteiger partial charge in [-0.2, -0.15) is 5.10 Å². The lowest BCUT2D eigenvalue weighted by atomic mass is 10.2. The van der Waals surface area contributed by atoms with E-state index in [0.29, 0.717) is 0 Å². The fourth-order valence-corrected chi connectivity index (χ4v) is 1.30. The molecule has 1 aliphatic rings. The Balaban J connectivity index is 2.02. The van der Waals surface area contributed by atoms with Crippen molar-refractivity contribution in [1.29, 1.82) is 0 Å². The summed E-state index contributed by atoms with van der Waals surface area (Å²) in [6.45, 7) is 0.855. The minimum Gasteiger partial charge on any atom is -0.269 e. The van der Waals surface area contributed by atoms with Crippen LogP contribution >= 0.6 is 0 Å². The van der Waals surface area contributed by atoms with Crippen LogP contribution in [0.3, 0.4) is 0 Å². The molecule has 0 bridgehead atoms. The van der Waals surface area contributed by atoms with Gasteiger partial charge in [-0.05, 0) is 5.56 Å². The summed E-state index contributed by atoms with van der Waals surface area (Å²) in [7, 11) is 0. The van der Waals surface area contributed by atoms with Crippen molar-refractivity contribution in [3.8, 4) is 0 Å². The van der Waals surface area contributed by atoms with E-state index in [2.05, 4.69) is 23.3 Å². The molecular weight excluding hydrogens is 160 g/mol. The third-order valence-electron chi connectivity index (χ3n) is 1.94. The molecule has 0 N–H and O–H groups in total. The van der Waals surface area contributed by atoms with Gasteiger partial charge in [0.2, 0.25) is 0 Å². The zero-order valence-corrected chi connectivity index (χ0v) is 7.43. The number of allylic oxidation sites excluding steroid dienone is 1. The van der Waals surface area contributed by atoms with Gasteiger partial charge in [-0.15, -0.1) is 0 Å². The Bertz CT molecular complexity index is 302. The van der Waals surface area contributed by atoms with Crippen LogP contribution in [0, 0.1) is 0 Å². The Kier molecular flexibility index (Phi) is 2.41. The summed E-state index contributed by atoms with van der Waals surface area (Å²) >= 11 is 0. The molecule has 1 aromatic carbocycles. The van der Waals surface area contributed by atoms with Crippen LogP contribution in [0.25, 0.3) is 0 Å². The van der Waals surface area contributed by atoms with E-state index in [1.807, 2.05) is 35.6 Å². The molecule has 1 heterocycles. The van der Waals surface area contributed by atoms with Gasteiger partial charge in [-0.1, -0.05) is 36.4 Å². The molecule has 0 aliphatic carbocycles. The summed E-state index contributed by atoms with van der Waals surface area (Å²) in [6.07, 6.45) is 7.00. The summed E-state index contributed by atoms with van der Waals surface area (Å²) in [5.41, 5.74) is 1.28. The third-order valence-corrected chi connectivity index (χ3v) is 1.94. The van der Waals surface area contributed by atoms with Gasteiger partial charge in [0.1, 0.15) is 0 Å². The molecular formula is C11H12N2. The smallest absolute Gasteiger partial charge is 0.0659 e. The summed E-state index contributed by atoms with van der Waals surface area (Å²) in [4.78, 5) is 0. The van der Waals surface area contributed by atoms with Gasteiger partial charge in [0, 0.05) is 18.8 Å². The molecule has 2 heteroatoms. The van der Waals surface area contributed by atoms with E-state index < -0.39 is 0 Å². The molecule has 13 heavy (non-hydrogen) atoms. The summed E-state index contributed by atoms with van der Waals surface area (Å²) in [5.74, 6) is 0. The molecule has 0 saturated carbocycles. The second-order valence-corrected chi connectivity index (χ2v) is 3.00. The Hall–Kier alpha value is -1.57. The molecule has 2 rings (SSSR count). The standard InChI is InChI=1S/C11H12N2/c1-2-6-11(7-3-1)10-13-9-5-4-8-12-13/h1-3,5-9H,4,10H2. The molecule has 66 valence electrons. The molecule has 0 atom stereocenters. The maximum Gasteiger partial charge on any atom is 0.0659 e. The van der Waals surface area contributed by atoms with Crippen LogP contribution in [0.5, 0.6) is 0 Å². The lowest BCUT2D eigenvalue weighted by Crippen LogP contribution is -2.11. The fourth-order valence-electron chi connectivity index (χ4n) is 1.30. The Morgan fingerprint density at radius 3 is 2.77 bits per heavy atom. The first kappa shape index (κ1) is 8.05. The summed E-state index contributed by atoms with van der Waals surface area (Å²) < 4.78 is 0. The van der Waals surface area contributed by atoms with Crippen LogP contribution in [0.15, 0.2) is 47.7 Å². The number of hydrogen-bond donors (Lipinski definition) is 0. The first-order chi connectivity index (χ1) is 6.45. The molecule has 2 nitrogen and oxygen atoms in total. The van der Waals surface area contributed by atoms with Crippen molar-refractivity contribution in [3.05, 3.63) is 48.2 Å². The van der Waals surface area contributed by atoms with Crippen LogP contribution in [0.4, 0.5) is 0 Å². The lowest BCUT2D eigenvalue weighted by Gasteiger charge is -2.16. The monoisotopic (exact) mass is 172 g/mol. The highest BCUT2D eigenvalue weighted by molar-refractivity contribution is 5.60. The zero-order valence-electron chi connectivity index (χ0n) is 7.43. The number of nitrogens with zero attached hydrogens (tertiary/aromatic N) is 2.